The molecule has 0 saturated heterocycles. The summed E-state index contributed by atoms with van der Waals surface area (Å²) in [5.41, 5.74) is 10.0. The molecule has 6 heteroatoms. The number of aliphatic hydroxyl groups is 2. The highest BCUT2D eigenvalue weighted by Gasteiger charge is 2.21. The Morgan fingerprint density at radius 2 is 2.00 bits per heavy atom. The molecule has 0 aromatic rings. The van der Waals surface area contributed by atoms with E-state index in [1.165, 1.54) is 6.92 Å². The normalized spacial score (nSPS) is 16.1. The smallest absolute Gasteiger partial charge is 0.312 e. The van der Waals surface area contributed by atoms with Crippen LogP contribution < -0.4 is 16.8 Å². The first-order valence-electron chi connectivity index (χ1n) is 3.13. The van der Waals surface area contributed by atoms with Crippen molar-refractivity contribution in [3.63, 3.8) is 0 Å². The van der Waals surface area contributed by atoms with Crippen LogP contribution in [-0.4, -0.2) is 34.6 Å². The Morgan fingerprint density at radius 1 is 1.55 bits per heavy atom. The topological polar surface area (TPSA) is 122 Å². The Kier molecular flexibility index (Phi) is 3.80. The molecule has 0 fully saturated rings. The number of nitrogens with two attached hydrogens (primary N) is 2. The number of amides is 2. The zero-order chi connectivity index (χ0) is 9.02. The van der Waals surface area contributed by atoms with E-state index in [1.807, 2.05) is 0 Å². The lowest BCUT2D eigenvalue weighted by molar-refractivity contribution is -0.0680. The summed E-state index contributed by atoms with van der Waals surface area (Å²) < 4.78 is 0. The molecule has 0 aromatic carbocycles. The van der Waals surface area contributed by atoms with E-state index >= 15 is 0 Å². The van der Waals surface area contributed by atoms with Crippen LogP contribution in [0.5, 0.6) is 0 Å². The van der Waals surface area contributed by atoms with E-state index in [-0.39, 0.29) is 0 Å². The zero-order valence-corrected chi connectivity index (χ0v) is 6.19. The maximum atomic E-state index is 10.3. The second kappa shape index (κ2) is 4.12. The summed E-state index contributed by atoms with van der Waals surface area (Å²) in [5.74, 6) is 0. The maximum Gasteiger partial charge on any atom is 0.312 e. The van der Waals surface area contributed by atoms with E-state index in [9.17, 15) is 4.79 Å². The van der Waals surface area contributed by atoms with E-state index in [2.05, 4.69) is 5.32 Å². The standard InChI is InChI=1S/C5H13N3O3/c1-2(6)3(4(9)10)8-5(7)11/h2-4,9-10H,6H2,1H3,(H3,7,8,11). The predicted octanol–water partition coefficient (Wildman–Crippen LogP) is -2.32. The van der Waals surface area contributed by atoms with Gasteiger partial charge in [0.15, 0.2) is 6.29 Å². The zero-order valence-electron chi connectivity index (χ0n) is 6.19. The van der Waals surface area contributed by atoms with E-state index in [0.717, 1.165) is 0 Å². The largest absolute Gasteiger partial charge is 0.366 e. The molecule has 0 aliphatic rings. The van der Waals surface area contributed by atoms with Gasteiger partial charge in [-0.25, -0.2) is 4.79 Å². The molecule has 0 heterocycles. The van der Waals surface area contributed by atoms with Crippen molar-refractivity contribution < 1.29 is 15.0 Å². The van der Waals surface area contributed by atoms with Gasteiger partial charge < -0.3 is 27.0 Å². The summed E-state index contributed by atoms with van der Waals surface area (Å²) in [6.07, 6.45) is -1.69. The van der Waals surface area contributed by atoms with Crippen molar-refractivity contribution in [3.05, 3.63) is 0 Å². The molecule has 7 N–H and O–H groups in total. The van der Waals surface area contributed by atoms with Gasteiger partial charge in [-0.3, -0.25) is 0 Å². The van der Waals surface area contributed by atoms with Crippen LogP contribution in [0.15, 0.2) is 0 Å². The molecule has 0 aromatic heterocycles. The molecule has 2 atom stereocenters. The van der Waals surface area contributed by atoms with E-state index in [1.54, 1.807) is 0 Å². The minimum atomic E-state index is -1.69. The third-order valence-corrected chi connectivity index (χ3v) is 1.20. The van der Waals surface area contributed by atoms with Crippen LogP contribution in [0.25, 0.3) is 0 Å². The molecule has 11 heavy (non-hydrogen) atoms. The van der Waals surface area contributed by atoms with Gasteiger partial charge in [0.1, 0.15) is 0 Å². The second-order valence-corrected chi connectivity index (χ2v) is 2.31. The molecule has 0 spiro atoms. The summed E-state index contributed by atoms with van der Waals surface area (Å²) in [7, 11) is 0. The quantitative estimate of drug-likeness (QED) is 0.300. The van der Waals surface area contributed by atoms with Gasteiger partial charge in [0.2, 0.25) is 0 Å². The highest BCUT2D eigenvalue weighted by molar-refractivity contribution is 5.72. The first-order chi connectivity index (χ1) is 4.95. The molecular formula is C5H13N3O3. The molecule has 0 aliphatic heterocycles. The van der Waals surface area contributed by atoms with Gasteiger partial charge in [-0.1, -0.05) is 0 Å². The molecule has 0 saturated carbocycles. The lowest BCUT2D eigenvalue weighted by Gasteiger charge is -2.22. The second-order valence-electron chi connectivity index (χ2n) is 2.31. The highest BCUT2D eigenvalue weighted by atomic mass is 16.5. The Hall–Kier alpha value is -0.850. The summed E-state index contributed by atoms with van der Waals surface area (Å²) in [6, 6.07) is -2.32. The van der Waals surface area contributed by atoms with Crippen molar-refractivity contribution in [2.24, 2.45) is 11.5 Å². The lowest BCUT2D eigenvalue weighted by atomic mass is 10.1. The molecule has 0 rings (SSSR count). The van der Waals surface area contributed by atoms with Gasteiger partial charge in [-0.05, 0) is 6.92 Å². The lowest BCUT2D eigenvalue weighted by Crippen LogP contribution is -2.54. The van der Waals surface area contributed by atoms with Crippen LogP contribution in [-0.2, 0) is 0 Å². The van der Waals surface area contributed by atoms with Gasteiger partial charge in [0.25, 0.3) is 0 Å². The van der Waals surface area contributed by atoms with Crippen LogP contribution in [0.3, 0.4) is 0 Å². The molecule has 6 nitrogen and oxygen atoms in total. The predicted molar refractivity (Wildman–Crippen MR) is 38.4 cm³/mol. The van der Waals surface area contributed by atoms with Crippen molar-refractivity contribution in [2.75, 3.05) is 0 Å². The van der Waals surface area contributed by atoms with E-state index < -0.39 is 24.4 Å². The van der Waals surface area contributed by atoms with Crippen LogP contribution in [0.2, 0.25) is 0 Å². The van der Waals surface area contributed by atoms with Crippen LogP contribution >= 0.6 is 0 Å². The van der Waals surface area contributed by atoms with Crippen molar-refractivity contribution in [1.82, 2.24) is 5.32 Å². The summed E-state index contributed by atoms with van der Waals surface area (Å²) >= 11 is 0. The van der Waals surface area contributed by atoms with Crippen molar-refractivity contribution in [3.8, 4) is 0 Å². The number of nitrogens with one attached hydrogen (secondary N) is 1. The fraction of sp³-hybridized carbons (Fsp3) is 0.800. The van der Waals surface area contributed by atoms with E-state index in [0.29, 0.717) is 0 Å². The van der Waals surface area contributed by atoms with Gasteiger partial charge in [-0.2, -0.15) is 0 Å². The van der Waals surface area contributed by atoms with Crippen LogP contribution in [0.4, 0.5) is 4.79 Å². The van der Waals surface area contributed by atoms with Crippen molar-refractivity contribution in [2.45, 2.75) is 25.3 Å². The number of urea groups is 1. The van der Waals surface area contributed by atoms with Gasteiger partial charge in [0, 0.05) is 6.04 Å². The molecule has 0 radical (unpaired) electrons. The third-order valence-electron chi connectivity index (χ3n) is 1.20. The number of hydrogen-bond donors (Lipinski definition) is 5. The number of carbonyl (C=O) groups excluding carboxylic acids is 1. The van der Waals surface area contributed by atoms with Crippen LogP contribution in [0.1, 0.15) is 6.92 Å². The molecular weight excluding hydrogens is 150 g/mol. The third kappa shape index (κ3) is 3.76. The Morgan fingerprint density at radius 3 is 2.09 bits per heavy atom. The fourth-order valence-electron chi connectivity index (χ4n) is 0.642. The number of aliphatic hydroxyl groups excluding tert-OH is 1. The number of hydrogen-bond acceptors (Lipinski definition) is 4. The minimum Gasteiger partial charge on any atom is -0.366 e. The summed E-state index contributed by atoms with van der Waals surface area (Å²) in [4.78, 5) is 10.3. The number of primary amides is 1. The average Bonchev–Trinajstić information content (AvgIpc) is 1.81. The maximum absolute atomic E-state index is 10.3. The average molecular weight is 163 g/mol. The molecule has 2 amide bonds. The SMILES string of the molecule is CC(N)C(NC(N)=O)C(O)O. The molecule has 0 bridgehead atoms. The fourth-order valence-corrected chi connectivity index (χ4v) is 0.642. The van der Waals surface area contributed by atoms with Crippen molar-refractivity contribution in [1.29, 1.82) is 0 Å². The molecule has 0 aliphatic carbocycles. The van der Waals surface area contributed by atoms with Crippen LogP contribution in [0, 0.1) is 0 Å². The van der Waals surface area contributed by atoms with E-state index in [4.69, 9.17) is 21.7 Å². The minimum absolute atomic E-state index is 0.567. The summed E-state index contributed by atoms with van der Waals surface area (Å²) in [5, 5.41) is 19.4. The monoisotopic (exact) mass is 163 g/mol. The first kappa shape index (κ1) is 10.2. The Labute approximate surface area is 64.2 Å². The summed E-state index contributed by atoms with van der Waals surface area (Å²) in [6.45, 7) is 1.53. The Bertz CT molecular complexity index is 129. The first-order valence-corrected chi connectivity index (χ1v) is 3.13. The van der Waals surface area contributed by atoms with Crippen molar-refractivity contribution >= 4 is 6.03 Å². The van der Waals surface area contributed by atoms with Gasteiger partial charge in [-0.15, -0.1) is 0 Å². The molecule has 66 valence electrons. The van der Waals surface area contributed by atoms with Gasteiger partial charge in [0.05, 0.1) is 6.04 Å². The number of carbonyl (C=O) groups is 1. The number of rotatable bonds is 3. The molecule has 2 unspecified atom stereocenters. The Balaban J connectivity index is 4.00. The van der Waals surface area contributed by atoms with Gasteiger partial charge >= 0.3 is 6.03 Å². The highest BCUT2D eigenvalue weighted by Crippen LogP contribution is 1.93.